The van der Waals surface area contributed by atoms with Gasteiger partial charge in [-0.15, -0.1) is 5.10 Å². The molecule has 0 saturated heterocycles. The van der Waals surface area contributed by atoms with Crippen molar-refractivity contribution in [2.24, 2.45) is 0 Å². The van der Waals surface area contributed by atoms with E-state index in [2.05, 4.69) is 15.3 Å². The van der Waals surface area contributed by atoms with E-state index in [9.17, 15) is 4.79 Å². The zero-order chi connectivity index (χ0) is 19.8. The van der Waals surface area contributed by atoms with Crippen molar-refractivity contribution < 1.29 is 23.8 Å². The highest BCUT2D eigenvalue weighted by atomic mass is 16.7. The van der Waals surface area contributed by atoms with Crippen LogP contribution in [0.25, 0.3) is 22.3 Å². The average Bonchev–Trinajstić information content (AvgIpc) is 3.39. The topological polar surface area (TPSA) is 97.6 Å². The molecule has 144 valence electrons. The van der Waals surface area contributed by atoms with Gasteiger partial charge in [-0.1, -0.05) is 18.2 Å². The molecule has 0 bridgehead atoms. The molecule has 3 heterocycles. The summed E-state index contributed by atoms with van der Waals surface area (Å²) in [5.41, 5.74) is 2.39. The summed E-state index contributed by atoms with van der Waals surface area (Å²) in [5, 5.41) is 7.79. The smallest absolute Gasteiger partial charge is 0.366 e. The van der Waals surface area contributed by atoms with Crippen LogP contribution in [0.4, 0.5) is 0 Å². The molecule has 1 aliphatic rings. The monoisotopic (exact) mass is 390 g/mol. The molecule has 4 aromatic rings. The molecule has 0 N–H and O–H groups in total. The summed E-state index contributed by atoms with van der Waals surface area (Å²) in [4.78, 5) is 23.7. The number of ether oxygens (including phenoxy) is 3. The van der Waals surface area contributed by atoms with Gasteiger partial charge in [0.15, 0.2) is 11.5 Å². The number of fused-ring (bicyclic) bond motifs is 2. The fourth-order valence-electron chi connectivity index (χ4n) is 3.14. The summed E-state index contributed by atoms with van der Waals surface area (Å²) in [6.07, 6.45) is 1.57. The third kappa shape index (κ3) is 2.89. The first-order valence-corrected chi connectivity index (χ1v) is 8.71. The number of carbonyl (C=O) groups excluding carboxylic acids is 1. The number of aromatic nitrogens is 4. The van der Waals surface area contributed by atoms with E-state index in [1.165, 1.54) is 0 Å². The largest absolute Gasteiger partial charge is 0.496 e. The molecule has 2 aromatic heterocycles. The van der Waals surface area contributed by atoms with Gasteiger partial charge in [0.1, 0.15) is 11.3 Å². The number of pyridine rings is 1. The molecular formula is C20H14N4O5. The van der Waals surface area contributed by atoms with E-state index >= 15 is 0 Å². The van der Waals surface area contributed by atoms with E-state index in [0.29, 0.717) is 39.5 Å². The van der Waals surface area contributed by atoms with Crippen LogP contribution < -0.4 is 19.0 Å². The van der Waals surface area contributed by atoms with Crippen LogP contribution in [0, 0.1) is 0 Å². The molecule has 0 saturated carbocycles. The molecular weight excluding hydrogens is 376 g/mol. The molecule has 0 spiro atoms. The Morgan fingerprint density at radius 3 is 2.76 bits per heavy atom. The molecule has 0 amide bonds. The number of benzene rings is 2. The number of rotatable bonds is 4. The van der Waals surface area contributed by atoms with E-state index in [0.717, 1.165) is 4.85 Å². The normalized spacial score (nSPS) is 12.2. The second-order valence-corrected chi connectivity index (χ2v) is 6.14. The summed E-state index contributed by atoms with van der Waals surface area (Å²) in [6.45, 7) is 0.0802. The van der Waals surface area contributed by atoms with Gasteiger partial charge in [0, 0.05) is 17.3 Å². The van der Waals surface area contributed by atoms with Gasteiger partial charge in [-0.25, -0.2) is 9.78 Å². The fraction of sp³-hybridized carbons (Fsp3) is 0.100. The molecule has 0 unspecified atom stereocenters. The van der Waals surface area contributed by atoms with Crippen LogP contribution in [-0.4, -0.2) is 40.0 Å². The second kappa shape index (κ2) is 6.79. The van der Waals surface area contributed by atoms with Gasteiger partial charge in [0.25, 0.3) is 0 Å². The quantitative estimate of drug-likeness (QED) is 0.490. The minimum Gasteiger partial charge on any atom is -0.496 e. The highest BCUT2D eigenvalue weighted by Gasteiger charge is 2.25. The minimum atomic E-state index is -0.651. The highest BCUT2D eigenvalue weighted by molar-refractivity contribution is 5.99. The number of nitrogens with zero attached hydrogens (tertiary/aromatic N) is 4. The Balaban J connectivity index is 1.61. The minimum absolute atomic E-state index is 0.0802. The zero-order valence-electron chi connectivity index (χ0n) is 15.2. The Bertz CT molecular complexity index is 1240. The van der Waals surface area contributed by atoms with Gasteiger partial charge in [0.2, 0.25) is 12.4 Å². The third-order valence-corrected chi connectivity index (χ3v) is 4.48. The maximum Gasteiger partial charge on any atom is 0.366 e. The first-order valence-electron chi connectivity index (χ1n) is 8.71. The van der Waals surface area contributed by atoms with Crippen LogP contribution in [0.3, 0.4) is 0 Å². The molecule has 9 heteroatoms. The lowest BCUT2D eigenvalue weighted by Gasteiger charge is -2.13. The number of carbonyl (C=O) groups is 1. The second-order valence-electron chi connectivity index (χ2n) is 6.14. The molecule has 29 heavy (non-hydrogen) atoms. The van der Waals surface area contributed by atoms with Crippen LogP contribution >= 0.6 is 0 Å². The lowest BCUT2D eigenvalue weighted by atomic mass is 9.98. The predicted octanol–water partition coefficient (Wildman–Crippen LogP) is 2.50. The lowest BCUT2D eigenvalue weighted by molar-refractivity contribution is 0.0406. The zero-order valence-corrected chi connectivity index (χ0v) is 15.2. The molecule has 2 aromatic carbocycles. The lowest BCUT2D eigenvalue weighted by Crippen LogP contribution is -2.22. The summed E-state index contributed by atoms with van der Waals surface area (Å²) < 4.78 is 16.4. The molecule has 0 aliphatic carbocycles. The maximum atomic E-state index is 13.1. The van der Waals surface area contributed by atoms with Gasteiger partial charge in [-0.2, -0.15) is 0 Å². The molecule has 0 atom stereocenters. The van der Waals surface area contributed by atoms with Gasteiger partial charge in [-0.05, 0) is 40.4 Å². The molecule has 1 aliphatic heterocycles. The summed E-state index contributed by atoms with van der Waals surface area (Å²) in [6, 6.07) is 14.1. The van der Waals surface area contributed by atoms with Crippen molar-refractivity contribution in [1.29, 1.82) is 0 Å². The van der Waals surface area contributed by atoms with E-state index in [-0.39, 0.29) is 12.4 Å². The van der Waals surface area contributed by atoms with Gasteiger partial charge < -0.3 is 19.0 Å². The van der Waals surface area contributed by atoms with Crippen LogP contribution in [0.5, 0.6) is 17.2 Å². The summed E-state index contributed by atoms with van der Waals surface area (Å²) >= 11 is 0. The molecule has 9 nitrogen and oxygen atoms in total. The number of hydrogen-bond acceptors (Lipinski definition) is 8. The van der Waals surface area contributed by atoms with E-state index in [4.69, 9.17) is 19.0 Å². The van der Waals surface area contributed by atoms with Crippen LogP contribution in [0.1, 0.15) is 10.4 Å². The highest BCUT2D eigenvalue weighted by Crippen LogP contribution is 2.41. The number of hydrogen-bond donors (Lipinski definition) is 0. The Kier molecular flexibility index (Phi) is 3.98. The van der Waals surface area contributed by atoms with E-state index < -0.39 is 5.97 Å². The van der Waals surface area contributed by atoms with Crippen molar-refractivity contribution in [3.8, 4) is 28.4 Å². The Labute approximate surface area is 164 Å². The van der Waals surface area contributed by atoms with E-state index in [1.807, 2.05) is 24.3 Å². The van der Waals surface area contributed by atoms with Crippen molar-refractivity contribution in [3.63, 3.8) is 0 Å². The summed E-state index contributed by atoms with van der Waals surface area (Å²) in [5.74, 6) is 0.947. The van der Waals surface area contributed by atoms with Gasteiger partial charge >= 0.3 is 5.97 Å². The van der Waals surface area contributed by atoms with E-state index in [1.54, 1.807) is 37.6 Å². The Morgan fingerprint density at radius 2 is 1.90 bits per heavy atom. The number of methoxy groups -OCH3 is 1. The van der Waals surface area contributed by atoms with Gasteiger partial charge in [0.05, 0.1) is 12.7 Å². The molecule has 0 radical (unpaired) electrons. The number of para-hydroxylation sites is 1. The molecule has 0 fully saturated rings. The van der Waals surface area contributed by atoms with Crippen molar-refractivity contribution in [2.75, 3.05) is 13.9 Å². The third-order valence-electron chi connectivity index (χ3n) is 4.48. The van der Waals surface area contributed by atoms with Crippen LogP contribution in [0.2, 0.25) is 0 Å². The van der Waals surface area contributed by atoms with Crippen LogP contribution in [-0.2, 0) is 0 Å². The fourth-order valence-corrected chi connectivity index (χ4v) is 3.14. The van der Waals surface area contributed by atoms with Crippen molar-refractivity contribution >= 4 is 17.1 Å². The maximum absolute atomic E-state index is 13.1. The van der Waals surface area contributed by atoms with Crippen LogP contribution in [0.15, 0.2) is 54.7 Å². The standard InChI is InChI=1S/C20H14N4O5/c1-26-16-7-3-2-5-12(16)13-9-17-18(28-11-27-17)10-14(13)20(25)29-24-19-15(22-23-24)6-4-8-21-19/h2-10H,11H2,1H3. The Morgan fingerprint density at radius 1 is 1.07 bits per heavy atom. The SMILES string of the molecule is COc1ccccc1-c1cc2c(cc1C(=O)On1nnc3cccnc31)OCO2. The van der Waals surface area contributed by atoms with Crippen molar-refractivity contribution in [3.05, 3.63) is 60.3 Å². The Hall–Kier alpha value is -4.14. The first kappa shape index (κ1) is 17.0. The van der Waals surface area contributed by atoms with Crippen molar-refractivity contribution in [1.82, 2.24) is 20.1 Å². The van der Waals surface area contributed by atoms with Gasteiger partial charge in [-0.3, -0.25) is 0 Å². The average molecular weight is 390 g/mol. The van der Waals surface area contributed by atoms with Crippen molar-refractivity contribution in [2.45, 2.75) is 0 Å². The summed E-state index contributed by atoms with van der Waals surface area (Å²) in [7, 11) is 1.57. The first-order chi connectivity index (χ1) is 14.2. The molecule has 5 rings (SSSR count). The predicted molar refractivity (Wildman–Crippen MR) is 101 cm³/mol.